The average Bonchev–Trinajstić information content (AvgIpc) is 2.47. The number of rotatable bonds is 3. The molecule has 13 heavy (non-hydrogen) atoms. The molecule has 1 heterocycles. The first-order valence-electron chi connectivity index (χ1n) is 3.88. The Bertz CT molecular complexity index is 323. The van der Waals surface area contributed by atoms with E-state index in [1.54, 1.807) is 0 Å². The van der Waals surface area contributed by atoms with Crippen LogP contribution in [0.1, 0.15) is 34.7 Å². The van der Waals surface area contributed by atoms with Crippen LogP contribution >= 0.6 is 0 Å². The molecule has 1 rings (SSSR count). The summed E-state index contributed by atoms with van der Waals surface area (Å²) in [4.78, 5) is 21.6. The van der Waals surface area contributed by atoms with Crippen molar-refractivity contribution in [3.05, 3.63) is 17.5 Å². The van der Waals surface area contributed by atoms with Crippen LogP contribution in [0.4, 0.5) is 0 Å². The molecule has 5 nitrogen and oxygen atoms in total. The molecule has 0 radical (unpaired) electrons. The van der Waals surface area contributed by atoms with Crippen LogP contribution in [-0.2, 0) is 6.54 Å². The van der Waals surface area contributed by atoms with Crippen molar-refractivity contribution in [3.8, 4) is 0 Å². The van der Waals surface area contributed by atoms with E-state index in [-0.39, 0.29) is 17.0 Å². The molecule has 0 fully saturated rings. The number of carbonyl (C=O) groups is 2. The predicted molar refractivity (Wildman–Crippen MR) is 44.9 cm³/mol. The molecule has 0 unspecified atom stereocenters. The van der Waals surface area contributed by atoms with E-state index in [0.717, 1.165) is 0 Å². The molecule has 0 bridgehead atoms. The summed E-state index contributed by atoms with van der Waals surface area (Å²) in [5.74, 6) is -1.45. The van der Waals surface area contributed by atoms with E-state index < -0.39 is 5.97 Å². The fourth-order valence-electron chi connectivity index (χ4n) is 1.000. The van der Waals surface area contributed by atoms with Gasteiger partial charge in [-0.3, -0.25) is 9.48 Å². The van der Waals surface area contributed by atoms with E-state index in [1.165, 1.54) is 17.8 Å². The largest absolute Gasteiger partial charge is 0.478 e. The van der Waals surface area contributed by atoms with Crippen LogP contribution in [0.15, 0.2) is 6.20 Å². The van der Waals surface area contributed by atoms with Gasteiger partial charge in [-0.25, -0.2) is 4.79 Å². The van der Waals surface area contributed by atoms with Gasteiger partial charge in [0.15, 0.2) is 5.78 Å². The van der Waals surface area contributed by atoms with Crippen LogP contribution in [0, 0.1) is 0 Å². The molecule has 1 aromatic heterocycles. The van der Waals surface area contributed by atoms with Crippen molar-refractivity contribution in [1.82, 2.24) is 9.78 Å². The number of carbonyl (C=O) groups excluding carboxylic acids is 1. The van der Waals surface area contributed by atoms with Gasteiger partial charge in [-0.2, -0.15) is 5.10 Å². The number of aryl methyl sites for hydroxylation is 1. The molecule has 0 aliphatic rings. The summed E-state index contributed by atoms with van der Waals surface area (Å²) in [5, 5.41) is 12.6. The van der Waals surface area contributed by atoms with E-state index in [4.69, 9.17) is 5.11 Å². The van der Waals surface area contributed by atoms with Crippen LogP contribution < -0.4 is 0 Å². The molecular weight excluding hydrogens is 172 g/mol. The molecule has 0 amide bonds. The fraction of sp³-hybridized carbons (Fsp3) is 0.375. The second kappa shape index (κ2) is 3.38. The van der Waals surface area contributed by atoms with Crippen molar-refractivity contribution in [2.24, 2.45) is 0 Å². The number of nitrogens with zero attached hydrogens (tertiary/aromatic N) is 2. The van der Waals surface area contributed by atoms with Gasteiger partial charge in [0.05, 0.1) is 0 Å². The molecule has 0 spiro atoms. The Morgan fingerprint density at radius 3 is 2.54 bits per heavy atom. The minimum atomic E-state index is -1.12. The van der Waals surface area contributed by atoms with Gasteiger partial charge in [0.25, 0.3) is 0 Å². The van der Waals surface area contributed by atoms with Gasteiger partial charge in [0.1, 0.15) is 11.3 Å². The SMILES string of the molecule is CCn1cc(C(=O)O)c(C(C)=O)n1. The lowest BCUT2D eigenvalue weighted by atomic mass is 10.2. The second-order valence-electron chi connectivity index (χ2n) is 2.61. The van der Waals surface area contributed by atoms with Crippen molar-refractivity contribution in [2.75, 3.05) is 0 Å². The number of ketones is 1. The third-order valence-corrected chi connectivity index (χ3v) is 1.65. The summed E-state index contributed by atoms with van der Waals surface area (Å²) < 4.78 is 1.43. The summed E-state index contributed by atoms with van der Waals surface area (Å²) >= 11 is 0. The summed E-state index contributed by atoms with van der Waals surface area (Å²) in [7, 11) is 0. The lowest BCUT2D eigenvalue weighted by Gasteiger charge is -1.90. The van der Waals surface area contributed by atoms with Gasteiger partial charge >= 0.3 is 5.97 Å². The molecule has 0 aliphatic carbocycles. The van der Waals surface area contributed by atoms with Gasteiger partial charge in [-0.05, 0) is 6.92 Å². The highest BCUT2D eigenvalue weighted by atomic mass is 16.4. The molecule has 0 saturated carbocycles. The van der Waals surface area contributed by atoms with Crippen molar-refractivity contribution >= 4 is 11.8 Å². The monoisotopic (exact) mass is 182 g/mol. The standard InChI is InChI=1S/C8H10N2O3/c1-3-10-4-6(8(12)13)7(9-10)5(2)11/h4H,3H2,1-2H3,(H,12,13). The Kier molecular flexibility index (Phi) is 2.46. The Morgan fingerprint density at radius 2 is 2.23 bits per heavy atom. The predicted octanol–water partition coefficient (Wildman–Crippen LogP) is 0.804. The first-order valence-corrected chi connectivity index (χ1v) is 3.88. The Morgan fingerprint density at radius 1 is 1.62 bits per heavy atom. The molecule has 1 N–H and O–H groups in total. The maximum atomic E-state index is 11.0. The van der Waals surface area contributed by atoms with Crippen molar-refractivity contribution in [3.63, 3.8) is 0 Å². The van der Waals surface area contributed by atoms with Crippen LogP contribution in [0.5, 0.6) is 0 Å². The molecule has 5 heteroatoms. The summed E-state index contributed by atoms with van der Waals surface area (Å²) in [6, 6.07) is 0. The maximum absolute atomic E-state index is 11.0. The zero-order valence-electron chi connectivity index (χ0n) is 7.44. The van der Waals surface area contributed by atoms with Crippen LogP contribution in [-0.4, -0.2) is 26.6 Å². The molecule has 1 aromatic rings. The topological polar surface area (TPSA) is 72.2 Å². The number of aromatic carboxylic acids is 1. The average molecular weight is 182 g/mol. The maximum Gasteiger partial charge on any atom is 0.339 e. The Balaban J connectivity index is 3.23. The molecule has 0 aliphatic heterocycles. The van der Waals surface area contributed by atoms with Gasteiger partial charge in [0.2, 0.25) is 0 Å². The van der Waals surface area contributed by atoms with E-state index in [1.807, 2.05) is 6.92 Å². The van der Waals surface area contributed by atoms with Crippen LogP contribution in [0.2, 0.25) is 0 Å². The van der Waals surface area contributed by atoms with E-state index in [0.29, 0.717) is 6.54 Å². The number of aromatic nitrogens is 2. The summed E-state index contributed by atoms with van der Waals surface area (Å²) in [6.07, 6.45) is 1.36. The van der Waals surface area contributed by atoms with Gasteiger partial charge in [-0.1, -0.05) is 0 Å². The minimum absolute atomic E-state index is 0.0225. The highest BCUT2D eigenvalue weighted by Gasteiger charge is 2.17. The van der Waals surface area contributed by atoms with Crippen LogP contribution in [0.25, 0.3) is 0 Å². The van der Waals surface area contributed by atoms with Gasteiger partial charge < -0.3 is 5.11 Å². The quantitative estimate of drug-likeness (QED) is 0.702. The zero-order chi connectivity index (χ0) is 10.0. The van der Waals surface area contributed by atoms with E-state index >= 15 is 0 Å². The van der Waals surface area contributed by atoms with Crippen molar-refractivity contribution in [1.29, 1.82) is 0 Å². The van der Waals surface area contributed by atoms with Gasteiger partial charge in [-0.15, -0.1) is 0 Å². The second-order valence-corrected chi connectivity index (χ2v) is 2.61. The van der Waals surface area contributed by atoms with Crippen LogP contribution in [0.3, 0.4) is 0 Å². The number of Topliss-reactive ketones (excluding diaryl/α,β-unsaturated/α-hetero) is 1. The zero-order valence-corrected chi connectivity index (χ0v) is 7.44. The normalized spacial score (nSPS) is 10.0. The highest BCUT2D eigenvalue weighted by molar-refractivity contribution is 6.03. The molecule has 0 saturated heterocycles. The lowest BCUT2D eigenvalue weighted by Crippen LogP contribution is -2.03. The first kappa shape index (κ1) is 9.44. The fourth-order valence-corrected chi connectivity index (χ4v) is 1.000. The number of hydrogen-bond donors (Lipinski definition) is 1. The molecule has 0 aromatic carbocycles. The molecule has 0 atom stereocenters. The van der Waals surface area contributed by atoms with Crippen molar-refractivity contribution in [2.45, 2.75) is 20.4 Å². The summed E-state index contributed by atoms with van der Waals surface area (Å²) in [5.41, 5.74) is -0.0105. The first-order chi connectivity index (χ1) is 6.06. The number of hydrogen-bond acceptors (Lipinski definition) is 3. The van der Waals surface area contributed by atoms with E-state index in [9.17, 15) is 9.59 Å². The molecular formula is C8H10N2O3. The lowest BCUT2D eigenvalue weighted by molar-refractivity contribution is 0.0692. The highest BCUT2D eigenvalue weighted by Crippen LogP contribution is 2.07. The van der Waals surface area contributed by atoms with Crippen molar-refractivity contribution < 1.29 is 14.7 Å². The third-order valence-electron chi connectivity index (χ3n) is 1.65. The van der Waals surface area contributed by atoms with E-state index in [2.05, 4.69) is 5.10 Å². The number of carboxylic acids is 1. The number of carboxylic acid groups (broad SMARTS) is 1. The Hall–Kier alpha value is -1.65. The molecule has 70 valence electrons. The summed E-state index contributed by atoms with van der Waals surface area (Å²) in [6.45, 7) is 3.67. The third kappa shape index (κ3) is 1.74. The Labute approximate surface area is 75.0 Å². The smallest absolute Gasteiger partial charge is 0.339 e. The minimum Gasteiger partial charge on any atom is -0.478 e. The van der Waals surface area contributed by atoms with Gasteiger partial charge in [0, 0.05) is 19.7 Å².